The number of ketones is 2. The highest BCUT2D eigenvalue weighted by atomic mass is 16.3. The molecule has 0 aliphatic heterocycles. The first kappa shape index (κ1) is 24.6. The van der Waals surface area contributed by atoms with Crippen molar-refractivity contribution in [2.45, 2.75) is 0 Å². The average molecular weight is 513 g/mol. The second kappa shape index (κ2) is 10.9. The average Bonchev–Trinajstić information content (AvgIpc) is 3.63. The first-order valence-electron chi connectivity index (χ1n) is 11.9. The molecule has 38 heavy (non-hydrogen) atoms. The number of hydrogen-bond donors (Lipinski definition) is 4. The van der Waals surface area contributed by atoms with Gasteiger partial charge in [-0.25, -0.2) is 0 Å². The van der Waals surface area contributed by atoms with Gasteiger partial charge in [-0.2, -0.15) is 0 Å². The van der Waals surface area contributed by atoms with Gasteiger partial charge < -0.3 is 29.7 Å². The normalized spacial score (nSPS) is 12.7. The van der Waals surface area contributed by atoms with Crippen LogP contribution in [0.25, 0.3) is 0 Å². The molecule has 192 valence electrons. The Kier molecular flexibility index (Phi) is 7.03. The van der Waals surface area contributed by atoms with E-state index >= 15 is 0 Å². The van der Waals surface area contributed by atoms with Gasteiger partial charge in [-0.3, -0.25) is 19.6 Å². The highest BCUT2D eigenvalue weighted by Gasteiger charge is 2.37. The van der Waals surface area contributed by atoms with Crippen molar-refractivity contribution in [3.05, 3.63) is 94.8 Å². The van der Waals surface area contributed by atoms with Gasteiger partial charge in [0.15, 0.2) is 0 Å². The van der Waals surface area contributed by atoms with E-state index in [9.17, 15) is 19.8 Å². The van der Waals surface area contributed by atoms with E-state index in [0.717, 1.165) is 0 Å². The molecular formula is C28H24N4O6. The molecule has 1 aliphatic carbocycles. The van der Waals surface area contributed by atoms with Crippen molar-refractivity contribution in [2.75, 3.05) is 36.8 Å². The minimum atomic E-state index is -0.566. The van der Waals surface area contributed by atoms with Gasteiger partial charge in [0, 0.05) is 24.5 Å². The Morgan fingerprint density at radius 2 is 1.11 bits per heavy atom. The van der Waals surface area contributed by atoms with Crippen molar-refractivity contribution >= 4 is 35.4 Å². The van der Waals surface area contributed by atoms with Gasteiger partial charge in [0.05, 0.1) is 60.3 Å². The van der Waals surface area contributed by atoms with Gasteiger partial charge >= 0.3 is 0 Å². The number of anilines is 2. The van der Waals surface area contributed by atoms with E-state index in [1.165, 1.54) is 12.1 Å². The van der Waals surface area contributed by atoms with Crippen LogP contribution in [-0.2, 0) is 0 Å². The summed E-state index contributed by atoms with van der Waals surface area (Å²) in [6, 6.07) is 12.9. The summed E-state index contributed by atoms with van der Waals surface area (Å²) in [5.41, 5.74) is 0.621. The summed E-state index contributed by atoms with van der Waals surface area (Å²) in [6.07, 6.45) is 6.32. The number of nitrogens with zero attached hydrogens (tertiary/aromatic N) is 2. The molecule has 0 unspecified atom stereocenters. The van der Waals surface area contributed by atoms with Crippen molar-refractivity contribution in [2.24, 2.45) is 9.98 Å². The molecule has 4 aromatic rings. The summed E-state index contributed by atoms with van der Waals surface area (Å²) < 4.78 is 10.4. The molecule has 0 atom stereocenters. The summed E-state index contributed by atoms with van der Waals surface area (Å²) in [7, 11) is 0. The lowest BCUT2D eigenvalue weighted by Crippen LogP contribution is -2.25. The molecule has 10 nitrogen and oxygen atoms in total. The number of rotatable bonds is 10. The van der Waals surface area contributed by atoms with Crippen LogP contribution in [0.2, 0.25) is 0 Å². The van der Waals surface area contributed by atoms with Crippen LogP contribution in [0.1, 0.15) is 43.4 Å². The minimum Gasteiger partial charge on any atom is -0.507 e. The molecule has 4 N–H and O–H groups in total. The number of benzene rings is 2. The van der Waals surface area contributed by atoms with Gasteiger partial charge in [0.2, 0.25) is 11.6 Å². The number of fused-ring (bicyclic) bond motifs is 2. The van der Waals surface area contributed by atoms with Crippen molar-refractivity contribution in [3.8, 4) is 11.5 Å². The third-order valence-electron chi connectivity index (χ3n) is 5.91. The van der Waals surface area contributed by atoms with Crippen LogP contribution >= 0.6 is 0 Å². The number of nitrogens with one attached hydrogen (secondary N) is 2. The maximum absolute atomic E-state index is 13.6. The molecule has 0 fully saturated rings. The zero-order chi connectivity index (χ0) is 26.5. The Morgan fingerprint density at radius 3 is 1.50 bits per heavy atom. The largest absolute Gasteiger partial charge is 0.507 e. The Morgan fingerprint density at radius 1 is 0.658 bits per heavy atom. The van der Waals surface area contributed by atoms with Crippen LogP contribution < -0.4 is 10.6 Å². The fourth-order valence-electron chi connectivity index (χ4n) is 4.21. The van der Waals surface area contributed by atoms with Gasteiger partial charge in [-0.15, -0.1) is 0 Å². The van der Waals surface area contributed by atoms with Crippen molar-refractivity contribution in [3.63, 3.8) is 0 Å². The summed E-state index contributed by atoms with van der Waals surface area (Å²) >= 11 is 0. The lowest BCUT2D eigenvalue weighted by atomic mass is 9.81. The molecule has 10 heteroatoms. The molecule has 5 rings (SSSR count). The topological polar surface area (TPSA) is 150 Å². The smallest absolute Gasteiger partial charge is 0.200 e. The Balaban J connectivity index is 1.40. The lowest BCUT2D eigenvalue weighted by Gasteiger charge is -2.24. The zero-order valence-electron chi connectivity index (χ0n) is 20.2. The number of phenolic OH excluding ortho intramolecular Hbond substituents is 2. The van der Waals surface area contributed by atoms with Gasteiger partial charge in [0.25, 0.3) is 0 Å². The van der Waals surface area contributed by atoms with Crippen LogP contribution in [0, 0.1) is 0 Å². The van der Waals surface area contributed by atoms with E-state index in [2.05, 4.69) is 20.6 Å². The first-order valence-corrected chi connectivity index (χ1v) is 11.9. The summed E-state index contributed by atoms with van der Waals surface area (Å²) in [5, 5.41) is 27.1. The van der Waals surface area contributed by atoms with E-state index in [4.69, 9.17) is 8.83 Å². The third kappa shape index (κ3) is 4.92. The maximum Gasteiger partial charge on any atom is 0.200 e. The van der Waals surface area contributed by atoms with Crippen LogP contribution in [-0.4, -0.2) is 60.4 Å². The molecule has 0 amide bonds. The first-order chi connectivity index (χ1) is 18.5. The minimum absolute atomic E-state index is 0.113. The molecule has 0 bridgehead atoms. The van der Waals surface area contributed by atoms with E-state index in [1.54, 1.807) is 61.4 Å². The summed E-state index contributed by atoms with van der Waals surface area (Å²) in [5.74, 6) is -0.631. The second-order valence-corrected chi connectivity index (χ2v) is 8.38. The molecule has 0 saturated carbocycles. The van der Waals surface area contributed by atoms with Gasteiger partial charge in [0.1, 0.15) is 23.0 Å². The molecule has 2 heterocycles. The van der Waals surface area contributed by atoms with Gasteiger partial charge in [-0.1, -0.05) is 0 Å². The fraction of sp³-hybridized carbons (Fsp3) is 0.143. The Bertz CT molecular complexity index is 1410. The number of aromatic hydroxyl groups is 2. The lowest BCUT2D eigenvalue weighted by molar-refractivity contribution is 0.0975. The van der Waals surface area contributed by atoms with E-state index < -0.39 is 11.6 Å². The molecule has 0 radical (unpaired) electrons. The Labute approximate surface area is 217 Å². The predicted octanol–water partition coefficient (Wildman–Crippen LogP) is 4.12. The third-order valence-corrected chi connectivity index (χ3v) is 5.91. The zero-order valence-corrected chi connectivity index (χ0v) is 20.2. The number of hydrogen-bond acceptors (Lipinski definition) is 10. The molecule has 2 aromatic heterocycles. The highest BCUT2D eigenvalue weighted by Crippen LogP contribution is 2.42. The SMILES string of the molecule is O=C1c2c(O)ccc(O)c2C(=O)c2c(NCC/N=C/c3ccco3)ccc(NCC/N=C/c3ccco3)c21. The molecule has 1 aliphatic rings. The van der Waals surface area contributed by atoms with Crippen molar-refractivity contribution in [1.29, 1.82) is 0 Å². The van der Waals surface area contributed by atoms with Crippen LogP contribution in [0.15, 0.2) is 79.9 Å². The predicted molar refractivity (Wildman–Crippen MR) is 142 cm³/mol. The fourth-order valence-corrected chi connectivity index (χ4v) is 4.21. The molecule has 2 aromatic carbocycles. The monoisotopic (exact) mass is 512 g/mol. The van der Waals surface area contributed by atoms with E-state index in [-0.39, 0.29) is 33.8 Å². The van der Waals surface area contributed by atoms with Crippen molar-refractivity contribution < 1.29 is 28.6 Å². The number of aliphatic imine (C=N–C) groups is 2. The number of carbonyl (C=O) groups excluding carboxylic acids is 2. The number of carbonyl (C=O) groups is 2. The molecule has 0 saturated heterocycles. The molecule has 0 spiro atoms. The maximum atomic E-state index is 13.6. The summed E-state index contributed by atoms with van der Waals surface area (Å²) in [4.78, 5) is 35.8. The standard InChI is InChI=1S/C28H24N4O6/c33-21-7-8-22(34)26-25(21)27(35)23-19(31-11-9-29-15-17-3-1-13-37-17)5-6-20(24(23)28(26)36)32-12-10-30-16-18-4-2-14-38-18/h1-8,13-16,31-34H,9-12H2/b29-15+,30-16+. The Hall–Kier alpha value is -5.12. The summed E-state index contributed by atoms with van der Waals surface area (Å²) in [6.45, 7) is 1.51. The van der Waals surface area contributed by atoms with Crippen LogP contribution in [0.3, 0.4) is 0 Å². The highest BCUT2D eigenvalue weighted by molar-refractivity contribution is 6.33. The molecular weight excluding hydrogens is 488 g/mol. The van der Waals surface area contributed by atoms with Crippen LogP contribution in [0.4, 0.5) is 11.4 Å². The number of furan rings is 2. The van der Waals surface area contributed by atoms with E-state index in [1.807, 2.05) is 0 Å². The van der Waals surface area contributed by atoms with Crippen molar-refractivity contribution in [1.82, 2.24) is 0 Å². The van der Waals surface area contributed by atoms with Gasteiger partial charge in [-0.05, 0) is 48.5 Å². The van der Waals surface area contributed by atoms with E-state index in [0.29, 0.717) is 49.1 Å². The van der Waals surface area contributed by atoms with Crippen LogP contribution in [0.5, 0.6) is 11.5 Å². The second-order valence-electron chi connectivity index (χ2n) is 8.38. The quantitative estimate of drug-likeness (QED) is 0.124. The number of phenols is 2.